The van der Waals surface area contributed by atoms with Crippen LogP contribution in [0.2, 0.25) is 0 Å². The van der Waals surface area contributed by atoms with Crippen LogP contribution >= 0.6 is 0 Å². The molecule has 1 saturated carbocycles. The van der Waals surface area contributed by atoms with E-state index in [2.05, 4.69) is 11.8 Å². The van der Waals surface area contributed by atoms with Crippen molar-refractivity contribution in [2.24, 2.45) is 5.92 Å². The van der Waals surface area contributed by atoms with E-state index in [4.69, 9.17) is 0 Å². The minimum Gasteiger partial charge on any atom is -0.378 e. The number of hydrogen-bond acceptors (Lipinski definition) is 2. The quantitative estimate of drug-likeness (QED) is 0.760. The average molecular weight is 237 g/mol. The van der Waals surface area contributed by atoms with Crippen LogP contribution in [-0.2, 0) is 0 Å². The van der Waals surface area contributed by atoms with E-state index in [0.717, 1.165) is 25.3 Å². The first-order valence-electron chi connectivity index (χ1n) is 6.87. The zero-order valence-electron chi connectivity index (χ0n) is 11.6. The molecular formula is C15H27NO. The molecule has 98 valence electrons. The molecular weight excluding hydrogens is 210 g/mol. The Bertz CT molecular complexity index is 266. The van der Waals surface area contributed by atoms with E-state index in [1.807, 2.05) is 25.9 Å². The van der Waals surface area contributed by atoms with Crippen LogP contribution < -0.4 is 0 Å². The maximum atomic E-state index is 10.2. The molecule has 0 spiro atoms. The molecule has 1 atom stereocenters. The van der Waals surface area contributed by atoms with Crippen LogP contribution in [0.25, 0.3) is 0 Å². The van der Waals surface area contributed by atoms with Gasteiger partial charge in [-0.2, -0.15) is 0 Å². The molecule has 0 radical (unpaired) electrons. The Morgan fingerprint density at radius 1 is 1.24 bits per heavy atom. The molecule has 2 nitrogen and oxygen atoms in total. The summed E-state index contributed by atoms with van der Waals surface area (Å²) in [6, 6.07) is 0. The highest BCUT2D eigenvalue weighted by Crippen LogP contribution is 2.29. The summed E-state index contributed by atoms with van der Waals surface area (Å²) in [4.78, 5) is 2.02. The van der Waals surface area contributed by atoms with E-state index < -0.39 is 5.60 Å². The lowest BCUT2D eigenvalue weighted by Crippen LogP contribution is -2.24. The summed E-state index contributed by atoms with van der Waals surface area (Å²) in [6.45, 7) is 2.57. The highest BCUT2D eigenvalue weighted by atomic mass is 16.3. The molecule has 1 fully saturated rings. The minimum atomic E-state index is -0.798. The third-order valence-corrected chi connectivity index (χ3v) is 3.52. The maximum Gasteiger partial charge on any atom is 0.122 e. The first kappa shape index (κ1) is 14.5. The van der Waals surface area contributed by atoms with Gasteiger partial charge in [0, 0.05) is 0 Å². The molecule has 0 amide bonds. The largest absolute Gasteiger partial charge is 0.378 e. The normalized spacial score (nSPS) is 20.8. The van der Waals surface area contributed by atoms with Gasteiger partial charge in [-0.25, -0.2) is 0 Å². The van der Waals surface area contributed by atoms with Crippen molar-refractivity contribution < 1.29 is 5.11 Å². The lowest BCUT2D eigenvalue weighted by Gasteiger charge is -2.24. The molecule has 1 rings (SSSR count). The van der Waals surface area contributed by atoms with Gasteiger partial charge in [0.15, 0.2) is 0 Å². The van der Waals surface area contributed by atoms with Crippen molar-refractivity contribution in [2.45, 2.75) is 57.5 Å². The molecule has 0 bridgehead atoms. The second-order valence-electron chi connectivity index (χ2n) is 5.86. The molecule has 0 aromatic rings. The van der Waals surface area contributed by atoms with Gasteiger partial charge in [0.1, 0.15) is 5.60 Å². The third-order valence-electron chi connectivity index (χ3n) is 3.52. The Balaban J connectivity index is 2.29. The van der Waals surface area contributed by atoms with Gasteiger partial charge in [-0.15, -0.1) is 0 Å². The first-order valence-corrected chi connectivity index (χ1v) is 6.87. The fourth-order valence-electron chi connectivity index (χ4n) is 2.41. The van der Waals surface area contributed by atoms with Crippen LogP contribution in [0, 0.1) is 17.8 Å². The lowest BCUT2D eigenvalue weighted by molar-refractivity contribution is 0.0999. The summed E-state index contributed by atoms with van der Waals surface area (Å²) in [6.07, 6.45) is 8.79. The van der Waals surface area contributed by atoms with Crippen molar-refractivity contribution in [1.29, 1.82) is 0 Å². The first-order chi connectivity index (χ1) is 7.99. The minimum absolute atomic E-state index is 0.722. The zero-order chi connectivity index (χ0) is 12.7. The second-order valence-corrected chi connectivity index (χ2v) is 5.86. The Hall–Kier alpha value is -0.520. The maximum absolute atomic E-state index is 10.2. The van der Waals surface area contributed by atoms with E-state index in [1.165, 1.54) is 32.1 Å². The zero-order valence-corrected chi connectivity index (χ0v) is 11.6. The molecule has 1 N–H and O–H groups in total. The van der Waals surface area contributed by atoms with Crippen molar-refractivity contribution in [2.75, 3.05) is 20.6 Å². The van der Waals surface area contributed by atoms with Crippen LogP contribution in [0.1, 0.15) is 51.9 Å². The summed E-state index contributed by atoms with van der Waals surface area (Å²) < 4.78 is 0. The van der Waals surface area contributed by atoms with E-state index in [9.17, 15) is 5.11 Å². The van der Waals surface area contributed by atoms with Crippen LogP contribution in [0.4, 0.5) is 0 Å². The van der Waals surface area contributed by atoms with Crippen molar-refractivity contribution >= 4 is 0 Å². The van der Waals surface area contributed by atoms with E-state index in [1.54, 1.807) is 0 Å². The van der Waals surface area contributed by atoms with Crippen molar-refractivity contribution in [3.63, 3.8) is 0 Å². The standard InChI is InChI=1S/C15H27NO/c1-15(17,11-7-13-16(2)3)12-10-14-8-5-4-6-9-14/h14,17H,4-6,8-10,12-13H2,1-3H3. The summed E-state index contributed by atoms with van der Waals surface area (Å²) >= 11 is 0. The van der Waals surface area contributed by atoms with Gasteiger partial charge < -0.3 is 5.11 Å². The Morgan fingerprint density at radius 3 is 2.47 bits per heavy atom. The van der Waals surface area contributed by atoms with Crippen molar-refractivity contribution in [3.05, 3.63) is 0 Å². The van der Waals surface area contributed by atoms with Gasteiger partial charge in [0.25, 0.3) is 0 Å². The molecule has 1 aliphatic rings. The summed E-state index contributed by atoms with van der Waals surface area (Å²) in [5.74, 6) is 6.86. The number of nitrogens with zero attached hydrogens (tertiary/aromatic N) is 1. The molecule has 1 aliphatic carbocycles. The second kappa shape index (κ2) is 7.03. The van der Waals surface area contributed by atoms with Gasteiger partial charge in [-0.05, 0) is 39.8 Å². The molecule has 0 aromatic heterocycles. The topological polar surface area (TPSA) is 23.5 Å². The van der Waals surface area contributed by atoms with Crippen molar-refractivity contribution in [1.82, 2.24) is 4.90 Å². The highest BCUT2D eigenvalue weighted by Gasteiger charge is 2.20. The molecule has 0 saturated heterocycles. The fourth-order valence-corrected chi connectivity index (χ4v) is 2.41. The third kappa shape index (κ3) is 6.71. The fraction of sp³-hybridized carbons (Fsp3) is 0.867. The predicted molar refractivity (Wildman–Crippen MR) is 72.8 cm³/mol. The van der Waals surface area contributed by atoms with Crippen LogP contribution in [0.5, 0.6) is 0 Å². The van der Waals surface area contributed by atoms with Gasteiger partial charge in [-0.3, -0.25) is 4.90 Å². The van der Waals surface area contributed by atoms with Gasteiger partial charge in [0.05, 0.1) is 6.54 Å². The van der Waals surface area contributed by atoms with Crippen LogP contribution in [-0.4, -0.2) is 36.2 Å². The van der Waals surface area contributed by atoms with E-state index in [-0.39, 0.29) is 0 Å². The van der Waals surface area contributed by atoms with Gasteiger partial charge >= 0.3 is 0 Å². The number of rotatable bonds is 4. The monoisotopic (exact) mass is 237 g/mol. The smallest absolute Gasteiger partial charge is 0.122 e. The van der Waals surface area contributed by atoms with Gasteiger partial charge in [-0.1, -0.05) is 43.9 Å². The Labute approximate surface area is 106 Å². The SMILES string of the molecule is CN(C)CC#CC(C)(O)CCC1CCCCC1. The highest BCUT2D eigenvalue weighted by molar-refractivity contribution is 5.12. The summed E-state index contributed by atoms with van der Waals surface area (Å²) in [5.41, 5.74) is -0.798. The Morgan fingerprint density at radius 2 is 1.88 bits per heavy atom. The molecule has 0 aromatic carbocycles. The van der Waals surface area contributed by atoms with Gasteiger partial charge in [0.2, 0.25) is 0 Å². The van der Waals surface area contributed by atoms with Crippen molar-refractivity contribution in [3.8, 4) is 11.8 Å². The van der Waals surface area contributed by atoms with E-state index >= 15 is 0 Å². The number of hydrogen-bond donors (Lipinski definition) is 1. The average Bonchev–Trinajstić information content (AvgIpc) is 2.27. The Kier molecular flexibility index (Phi) is 6.02. The number of aliphatic hydroxyl groups is 1. The lowest BCUT2D eigenvalue weighted by atomic mass is 9.83. The summed E-state index contributed by atoms with van der Waals surface area (Å²) in [7, 11) is 3.98. The van der Waals surface area contributed by atoms with Crippen LogP contribution in [0.15, 0.2) is 0 Å². The van der Waals surface area contributed by atoms with E-state index in [0.29, 0.717) is 0 Å². The predicted octanol–water partition coefficient (Wildman–Crippen LogP) is 2.66. The molecule has 1 unspecified atom stereocenters. The molecule has 0 aliphatic heterocycles. The molecule has 2 heteroatoms. The van der Waals surface area contributed by atoms with Crippen LogP contribution in [0.3, 0.4) is 0 Å². The molecule has 0 heterocycles. The molecule has 17 heavy (non-hydrogen) atoms. The summed E-state index contributed by atoms with van der Waals surface area (Å²) in [5, 5.41) is 10.2.